The first-order valence-electron chi connectivity index (χ1n) is 11.8. The second kappa shape index (κ2) is 9.92. The van der Waals surface area contributed by atoms with Gasteiger partial charge in [0.05, 0.1) is 23.2 Å². The number of carbonyl (C=O) groups is 1. The maximum atomic E-state index is 14.1. The molecule has 0 fully saturated rings. The molecule has 3 heterocycles. The van der Waals surface area contributed by atoms with Gasteiger partial charge in [-0.05, 0) is 36.6 Å². The number of rotatable bonds is 4. The predicted octanol–water partition coefficient (Wildman–Crippen LogP) is 3.58. The van der Waals surface area contributed by atoms with Crippen LogP contribution in [0.4, 0.5) is 5.82 Å². The first-order chi connectivity index (χ1) is 18.2. The molecule has 1 amide bonds. The number of amides is 1. The van der Waals surface area contributed by atoms with Crippen molar-refractivity contribution in [3.63, 3.8) is 0 Å². The Morgan fingerprint density at radius 3 is 2.53 bits per heavy atom. The Morgan fingerprint density at radius 1 is 1.11 bits per heavy atom. The molecule has 0 radical (unpaired) electrons. The van der Waals surface area contributed by atoms with E-state index in [-0.39, 0.29) is 22.1 Å². The van der Waals surface area contributed by atoms with Gasteiger partial charge in [-0.15, -0.1) is 0 Å². The molecule has 9 nitrogen and oxygen atoms in total. The van der Waals surface area contributed by atoms with Gasteiger partial charge in [-0.25, -0.2) is 0 Å². The normalized spacial score (nSPS) is 11.7. The van der Waals surface area contributed by atoms with Crippen LogP contribution in [0.15, 0.2) is 71.8 Å². The van der Waals surface area contributed by atoms with Gasteiger partial charge in [-0.1, -0.05) is 53.8 Å². The summed E-state index contributed by atoms with van der Waals surface area (Å²) in [7, 11) is 3.42. The summed E-state index contributed by atoms with van der Waals surface area (Å²) in [6.45, 7) is 1.80. The lowest BCUT2D eigenvalue weighted by Gasteiger charge is -2.21. The van der Waals surface area contributed by atoms with Crippen LogP contribution in [0.1, 0.15) is 40.1 Å². The Labute approximate surface area is 223 Å². The Morgan fingerprint density at radius 2 is 1.87 bits per heavy atom. The van der Waals surface area contributed by atoms with Crippen molar-refractivity contribution < 1.29 is 4.79 Å². The lowest BCUT2D eigenvalue weighted by molar-refractivity contribution is 0.0939. The zero-order chi connectivity index (χ0) is 27.0. The zero-order valence-electron chi connectivity index (χ0n) is 20.9. The summed E-state index contributed by atoms with van der Waals surface area (Å²) in [6.07, 6.45) is 3.48. The lowest BCUT2D eigenvalue weighted by atomic mass is 10.0. The van der Waals surface area contributed by atoms with Gasteiger partial charge in [0.25, 0.3) is 11.5 Å². The molecule has 3 N–H and O–H groups in total. The molecule has 0 aliphatic heterocycles. The highest BCUT2D eigenvalue weighted by atomic mass is 35.5. The van der Waals surface area contributed by atoms with Crippen molar-refractivity contribution in [3.8, 4) is 17.5 Å². The van der Waals surface area contributed by atoms with Gasteiger partial charge in [0.2, 0.25) is 0 Å². The Kier molecular flexibility index (Phi) is 6.49. The van der Waals surface area contributed by atoms with Gasteiger partial charge in [0.1, 0.15) is 11.4 Å². The number of nitrogen functional groups attached to an aromatic ring is 1. The van der Waals surface area contributed by atoms with E-state index in [2.05, 4.69) is 27.4 Å². The van der Waals surface area contributed by atoms with Gasteiger partial charge in [-0.2, -0.15) is 10.2 Å². The molecule has 2 aromatic carbocycles. The Balaban J connectivity index is 1.65. The number of carbonyl (C=O) groups excluding carboxylic acids is 1. The quantitative estimate of drug-likeness (QED) is 0.348. The van der Waals surface area contributed by atoms with E-state index in [1.807, 2.05) is 67.8 Å². The third kappa shape index (κ3) is 4.53. The Bertz CT molecular complexity index is 1810. The van der Waals surface area contributed by atoms with Crippen LogP contribution >= 0.6 is 11.6 Å². The number of halogens is 1. The molecule has 5 rings (SSSR count). The molecule has 10 heteroatoms. The minimum atomic E-state index is -0.583. The minimum Gasteiger partial charge on any atom is -0.383 e. The molecule has 0 saturated heterocycles. The van der Waals surface area contributed by atoms with E-state index in [0.717, 1.165) is 5.56 Å². The van der Waals surface area contributed by atoms with Crippen molar-refractivity contribution in [2.45, 2.75) is 13.0 Å². The van der Waals surface area contributed by atoms with Crippen molar-refractivity contribution >= 4 is 34.1 Å². The van der Waals surface area contributed by atoms with Gasteiger partial charge in [0, 0.05) is 37.2 Å². The summed E-state index contributed by atoms with van der Waals surface area (Å²) < 4.78 is 4.60. The summed E-state index contributed by atoms with van der Waals surface area (Å²) in [5, 5.41) is 12.3. The number of nitrogens with zero attached hydrogens (tertiary/aromatic N) is 5. The van der Waals surface area contributed by atoms with E-state index in [9.17, 15) is 9.59 Å². The fourth-order valence-corrected chi connectivity index (χ4v) is 4.63. The average molecular weight is 526 g/mol. The summed E-state index contributed by atoms with van der Waals surface area (Å²) in [6, 6.07) is 16.1. The van der Waals surface area contributed by atoms with Gasteiger partial charge in [0.15, 0.2) is 5.15 Å². The second-order valence-electron chi connectivity index (χ2n) is 8.84. The number of pyridine rings is 1. The van der Waals surface area contributed by atoms with Gasteiger partial charge >= 0.3 is 0 Å². The molecular formula is C28H24ClN7O2. The maximum absolute atomic E-state index is 14.1. The number of fused-ring (bicyclic) bond motifs is 1. The zero-order valence-corrected chi connectivity index (χ0v) is 21.7. The van der Waals surface area contributed by atoms with Crippen molar-refractivity contribution in [2.75, 3.05) is 5.73 Å². The average Bonchev–Trinajstić information content (AvgIpc) is 3.43. The number of para-hydroxylation sites is 1. The van der Waals surface area contributed by atoms with E-state index < -0.39 is 11.9 Å². The standard InChI is InChI=1S/C28H24ClN7O2/c1-17(32-27(37)24-25(29)33-35(3)26(24)30)22-14-20-9-7-8-19(13-12-18-15-31-34(2)16-18)23(20)28(38)36(22)21-10-5-4-6-11-21/h4-11,14-17H,30H2,1-3H3,(H,32,37). The summed E-state index contributed by atoms with van der Waals surface area (Å²) in [5.41, 5.74) is 8.42. The van der Waals surface area contributed by atoms with Crippen molar-refractivity contribution in [1.82, 2.24) is 29.4 Å². The van der Waals surface area contributed by atoms with E-state index >= 15 is 0 Å². The highest BCUT2D eigenvalue weighted by molar-refractivity contribution is 6.33. The third-order valence-electron chi connectivity index (χ3n) is 6.20. The van der Waals surface area contributed by atoms with Crippen LogP contribution in [-0.2, 0) is 14.1 Å². The fraction of sp³-hybridized carbons (Fsp3) is 0.143. The highest BCUT2D eigenvalue weighted by Gasteiger charge is 2.24. The second-order valence-corrected chi connectivity index (χ2v) is 9.20. The maximum Gasteiger partial charge on any atom is 0.264 e. The molecule has 3 aromatic heterocycles. The van der Waals surface area contributed by atoms with Crippen LogP contribution in [0.5, 0.6) is 0 Å². The fourth-order valence-electron chi connectivity index (χ4n) is 4.33. The van der Waals surface area contributed by atoms with Crippen LogP contribution in [0.25, 0.3) is 16.5 Å². The third-order valence-corrected chi connectivity index (χ3v) is 6.47. The number of nitrogens with two attached hydrogens (primary N) is 1. The number of aromatic nitrogens is 5. The molecule has 5 aromatic rings. The molecular weight excluding hydrogens is 502 g/mol. The van der Waals surface area contributed by atoms with E-state index in [4.69, 9.17) is 17.3 Å². The van der Waals surface area contributed by atoms with Crippen molar-refractivity contribution in [2.24, 2.45) is 14.1 Å². The van der Waals surface area contributed by atoms with Crippen LogP contribution in [-0.4, -0.2) is 30.0 Å². The highest BCUT2D eigenvalue weighted by Crippen LogP contribution is 2.25. The van der Waals surface area contributed by atoms with Crippen LogP contribution in [0, 0.1) is 11.8 Å². The smallest absolute Gasteiger partial charge is 0.264 e. The number of aryl methyl sites for hydroxylation is 2. The topological polar surface area (TPSA) is 113 Å². The molecule has 0 aliphatic rings. The Hall–Kier alpha value is -4.81. The number of nitrogens with one attached hydrogen (secondary N) is 1. The molecule has 1 atom stereocenters. The predicted molar refractivity (Wildman–Crippen MR) is 147 cm³/mol. The number of hydrogen-bond acceptors (Lipinski definition) is 5. The molecule has 1 unspecified atom stereocenters. The molecule has 0 spiro atoms. The van der Waals surface area contributed by atoms with Crippen LogP contribution in [0.2, 0.25) is 5.15 Å². The van der Waals surface area contributed by atoms with Crippen molar-refractivity contribution in [1.29, 1.82) is 0 Å². The summed E-state index contributed by atoms with van der Waals surface area (Å²) >= 11 is 6.15. The van der Waals surface area contributed by atoms with Gasteiger partial charge in [-0.3, -0.25) is 23.5 Å². The van der Waals surface area contributed by atoms with Crippen LogP contribution in [0.3, 0.4) is 0 Å². The number of anilines is 1. The molecule has 0 aliphatic carbocycles. The first kappa shape index (κ1) is 24.9. The monoisotopic (exact) mass is 525 g/mol. The van der Waals surface area contributed by atoms with Crippen molar-refractivity contribution in [3.05, 3.63) is 105 Å². The van der Waals surface area contributed by atoms with Crippen LogP contribution < -0.4 is 16.6 Å². The molecule has 0 bridgehead atoms. The number of hydrogen-bond donors (Lipinski definition) is 2. The van der Waals surface area contributed by atoms with Gasteiger partial charge < -0.3 is 11.1 Å². The summed E-state index contributed by atoms with van der Waals surface area (Å²) in [4.78, 5) is 27.2. The SMILES string of the molecule is CC(NC(=O)c1c(Cl)nn(C)c1N)c1cc2cccc(C#Cc3cnn(C)c3)c2c(=O)n1-c1ccccc1. The molecule has 190 valence electrons. The van der Waals surface area contributed by atoms with E-state index in [1.165, 1.54) is 4.68 Å². The first-order valence-corrected chi connectivity index (χ1v) is 12.2. The molecule has 0 saturated carbocycles. The largest absolute Gasteiger partial charge is 0.383 e. The van der Waals surface area contributed by atoms with E-state index in [0.29, 0.717) is 27.7 Å². The van der Waals surface area contributed by atoms with E-state index in [1.54, 1.807) is 29.4 Å². The summed E-state index contributed by atoms with van der Waals surface area (Å²) in [5.74, 6) is 5.87. The number of benzene rings is 2. The lowest BCUT2D eigenvalue weighted by Crippen LogP contribution is -2.32. The molecule has 38 heavy (non-hydrogen) atoms. The minimum absolute atomic E-state index is 0.00509.